The van der Waals surface area contributed by atoms with Gasteiger partial charge < -0.3 is 24.4 Å². The van der Waals surface area contributed by atoms with E-state index in [0.717, 1.165) is 48.9 Å². The molecule has 2 fully saturated rings. The van der Waals surface area contributed by atoms with E-state index in [0.29, 0.717) is 31.9 Å². The van der Waals surface area contributed by atoms with Crippen LogP contribution < -0.4 is 10.2 Å². The zero-order chi connectivity index (χ0) is 27.4. The van der Waals surface area contributed by atoms with Crippen LogP contribution >= 0.6 is 0 Å². The van der Waals surface area contributed by atoms with Crippen molar-refractivity contribution in [1.29, 1.82) is 5.26 Å². The van der Waals surface area contributed by atoms with E-state index in [9.17, 15) is 10.1 Å². The van der Waals surface area contributed by atoms with Crippen LogP contribution in [0, 0.1) is 11.3 Å². The topological polar surface area (TPSA) is 138 Å². The average molecular weight is 540 g/mol. The summed E-state index contributed by atoms with van der Waals surface area (Å²) in [4.78, 5) is 25.8. The van der Waals surface area contributed by atoms with E-state index in [1.54, 1.807) is 23.4 Å². The third kappa shape index (κ3) is 5.23. The number of carbonyl (C=O) groups excluding carboxylic acids is 1. The lowest BCUT2D eigenvalue weighted by Gasteiger charge is -2.40. The molecule has 12 nitrogen and oxygen atoms in total. The van der Waals surface area contributed by atoms with Crippen LogP contribution in [0.1, 0.15) is 29.8 Å². The van der Waals surface area contributed by atoms with Gasteiger partial charge in [-0.15, -0.1) is 0 Å². The lowest BCUT2D eigenvalue weighted by molar-refractivity contribution is 0.0541. The Morgan fingerprint density at radius 1 is 1.05 bits per heavy atom. The van der Waals surface area contributed by atoms with Gasteiger partial charge in [0, 0.05) is 61.6 Å². The number of amides is 1. The molecular weight excluding hydrogens is 510 g/mol. The van der Waals surface area contributed by atoms with Gasteiger partial charge in [-0.25, -0.2) is 9.97 Å². The molecule has 0 unspecified atom stereocenters. The van der Waals surface area contributed by atoms with Gasteiger partial charge >= 0.3 is 0 Å². The molecule has 1 amide bonds. The van der Waals surface area contributed by atoms with E-state index < -0.39 is 5.54 Å². The summed E-state index contributed by atoms with van der Waals surface area (Å²) in [5.74, 6) is 0.506. The molecule has 2 saturated heterocycles. The Kier molecular flexibility index (Phi) is 7.11. The zero-order valence-corrected chi connectivity index (χ0v) is 21.9. The third-order valence-electron chi connectivity index (χ3n) is 7.56. The molecule has 0 saturated carbocycles. The van der Waals surface area contributed by atoms with E-state index in [2.05, 4.69) is 43.7 Å². The van der Waals surface area contributed by atoms with E-state index >= 15 is 0 Å². The Bertz CT molecular complexity index is 1480. The number of piperidine rings is 1. The molecule has 2 aliphatic rings. The van der Waals surface area contributed by atoms with Gasteiger partial charge in [0.05, 0.1) is 49.3 Å². The van der Waals surface area contributed by atoms with Crippen molar-refractivity contribution < 1.29 is 14.1 Å². The number of hydrogen-bond acceptors (Lipinski definition) is 10. The van der Waals surface area contributed by atoms with Crippen molar-refractivity contribution in [2.75, 3.05) is 49.6 Å². The molecule has 3 aromatic heterocycles. The van der Waals surface area contributed by atoms with Crippen molar-refractivity contribution in [2.24, 2.45) is 0 Å². The number of hydrogen-bond donors (Lipinski definition) is 1. The molecule has 40 heavy (non-hydrogen) atoms. The lowest BCUT2D eigenvalue weighted by atomic mass is 9.85. The van der Waals surface area contributed by atoms with Crippen molar-refractivity contribution >= 4 is 23.2 Å². The van der Waals surface area contributed by atoms with Crippen molar-refractivity contribution in [1.82, 2.24) is 29.8 Å². The first-order chi connectivity index (χ1) is 19.6. The molecule has 0 bridgehead atoms. The second kappa shape index (κ2) is 11.2. The number of likely N-dealkylation sites (tertiary alicyclic amines) is 1. The highest BCUT2D eigenvalue weighted by molar-refractivity contribution is 5.91. The predicted molar refractivity (Wildman–Crippen MR) is 146 cm³/mol. The Morgan fingerprint density at radius 3 is 2.58 bits per heavy atom. The Hall–Kier alpha value is -4.76. The monoisotopic (exact) mass is 539 g/mol. The van der Waals surface area contributed by atoms with Gasteiger partial charge in [-0.2, -0.15) is 10.4 Å². The van der Waals surface area contributed by atoms with Gasteiger partial charge in [0.25, 0.3) is 5.91 Å². The molecule has 12 heteroatoms. The number of benzene rings is 1. The number of rotatable bonds is 7. The molecule has 4 aromatic rings. The number of morpholine rings is 1. The van der Waals surface area contributed by atoms with Crippen LogP contribution in [0.3, 0.4) is 0 Å². The number of nitriles is 1. The normalized spacial score (nSPS) is 16.9. The first kappa shape index (κ1) is 25.5. The molecule has 1 aromatic carbocycles. The smallest absolute Gasteiger partial charge is 0.292 e. The molecule has 2 aliphatic heterocycles. The number of nitrogens with one attached hydrogen (secondary N) is 1. The van der Waals surface area contributed by atoms with E-state index in [1.807, 2.05) is 29.1 Å². The van der Waals surface area contributed by atoms with Crippen molar-refractivity contribution in [2.45, 2.75) is 24.8 Å². The Morgan fingerprint density at radius 2 is 1.85 bits per heavy atom. The highest BCUT2D eigenvalue weighted by Gasteiger charge is 2.39. The van der Waals surface area contributed by atoms with Crippen LogP contribution in [0.15, 0.2) is 65.7 Å². The minimum Gasteiger partial charge on any atom is -0.378 e. The summed E-state index contributed by atoms with van der Waals surface area (Å²) >= 11 is 0. The van der Waals surface area contributed by atoms with Crippen LogP contribution in [-0.2, 0) is 10.3 Å². The second-order valence-corrected chi connectivity index (χ2v) is 9.94. The first-order valence-electron chi connectivity index (χ1n) is 13.3. The summed E-state index contributed by atoms with van der Waals surface area (Å²) in [6, 6.07) is 13.9. The number of nitrogens with zero attached hydrogens (tertiary/aromatic N) is 8. The summed E-state index contributed by atoms with van der Waals surface area (Å²) in [5.41, 5.74) is 3.09. The van der Waals surface area contributed by atoms with Crippen molar-refractivity contribution in [3.63, 3.8) is 0 Å². The maximum atomic E-state index is 12.7. The molecule has 0 spiro atoms. The SMILES string of the molecule is N#CCC1(n2cc(-c3ccnc(Nc4ccc(N5CCOCC5)cc4)n3)cn2)CCN(C(=O)c2ccno2)CC1. The molecule has 1 N–H and O–H groups in total. The molecule has 5 heterocycles. The summed E-state index contributed by atoms with van der Waals surface area (Å²) in [6.07, 6.45) is 8.33. The summed E-state index contributed by atoms with van der Waals surface area (Å²) in [5, 5.41) is 21.2. The molecule has 204 valence electrons. The Balaban J connectivity index is 1.15. The largest absolute Gasteiger partial charge is 0.378 e. The number of carbonyl (C=O) groups is 1. The highest BCUT2D eigenvalue weighted by atomic mass is 16.5. The minimum atomic E-state index is -0.512. The van der Waals surface area contributed by atoms with Crippen LogP contribution in [0.25, 0.3) is 11.3 Å². The molecule has 6 rings (SSSR count). The molecule has 0 radical (unpaired) electrons. The molecule has 0 aliphatic carbocycles. The molecular formula is C28H29N9O3. The van der Waals surface area contributed by atoms with Gasteiger partial charge in [-0.05, 0) is 43.2 Å². The lowest BCUT2D eigenvalue weighted by Crippen LogP contribution is -2.48. The summed E-state index contributed by atoms with van der Waals surface area (Å²) in [6.45, 7) is 4.25. The second-order valence-electron chi connectivity index (χ2n) is 9.94. The van der Waals surface area contributed by atoms with Gasteiger partial charge in [0.15, 0.2) is 0 Å². The molecule has 0 atom stereocenters. The first-order valence-corrected chi connectivity index (χ1v) is 13.3. The van der Waals surface area contributed by atoms with Crippen LogP contribution in [0.5, 0.6) is 0 Å². The van der Waals surface area contributed by atoms with Crippen LogP contribution in [0.2, 0.25) is 0 Å². The fourth-order valence-corrected chi connectivity index (χ4v) is 5.24. The number of ether oxygens (including phenoxy) is 1. The van der Waals surface area contributed by atoms with E-state index in [4.69, 9.17) is 14.2 Å². The van der Waals surface area contributed by atoms with E-state index in [1.165, 1.54) is 6.20 Å². The van der Waals surface area contributed by atoms with Crippen LogP contribution in [-0.4, -0.2) is 75.1 Å². The van der Waals surface area contributed by atoms with Gasteiger partial charge in [0.2, 0.25) is 11.7 Å². The predicted octanol–water partition coefficient (Wildman–Crippen LogP) is 3.45. The Labute approximate surface area is 231 Å². The van der Waals surface area contributed by atoms with Gasteiger partial charge in [-0.3, -0.25) is 9.48 Å². The third-order valence-corrected chi connectivity index (χ3v) is 7.56. The van der Waals surface area contributed by atoms with Gasteiger partial charge in [0.1, 0.15) is 0 Å². The standard InChI is InChI=1S/C28H29N9O3/c29-10-7-28(8-13-36(14-9-28)26(38)25-6-12-32-40-25)37-20-21(19-31-37)24-5-11-30-27(34-24)33-22-1-3-23(4-2-22)35-15-17-39-18-16-35/h1-6,11-12,19-20H,7-9,13-18H2,(H,30,33,34). The quantitative estimate of drug-likeness (QED) is 0.371. The minimum absolute atomic E-state index is 0.194. The summed E-state index contributed by atoms with van der Waals surface area (Å²) in [7, 11) is 0. The number of aromatic nitrogens is 5. The average Bonchev–Trinajstić information content (AvgIpc) is 3.72. The van der Waals surface area contributed by atoms with Crippen molar-refractivity contribution in [3.8, 4) is 17.3 Å². The maximum Gasteiger partial charge on any atom is 0.292 e. The van der Waals surface area contributed by atoms with E-state index in [-0.39, 0.29) is 18.1 Å². The van der Waals surface area contributed by atoms with Crippen molar-refractivity contribution in [3.05, 3.63) is 66.9 Å². The fourth-order valence-electron chi connectivity index (χ4n) is 5.24. The maximum absolute atomic E-state index is 12.7. The highest BCUT2D eigenvalue weighted by Crippen LogP contribution is 2.35. The summed E-state index contributed by atoms with van der Waals surface area (Å²) < 4.78 is 12.3. The van der Waals surface area contributed by atoms with Crippen LogP contribution in [0.4, 0.5) is 17.3 Å². The van der Waals surface area contributed by atoms with Gasteiger partial charge in [-0.1, -0.05) is 5.16 Å². The fraction of sp³-hybridized carbons (Fsp3) is 0.357. The number of anilines is 3. The zero-order valence-electron chi connectivity index (χ0n) is 21.9.